The average molecular weight is 291 g/mol. The molecule has 22 heavy (non-hydrogen) atoms. The molecule has 2 aromatic carbocycles. The van der Waals surface area contributed by atoms with E-state index in [0.717, 1.165) is 22.3 Å². The summed E-state index contributed by atoms with van der Waals surface area (Å²) in [6.07, 6.45) is 3.45. The van der Waals surface area contributed by atoms with E-state index in [4.69, 9.17) is 4.74 Å². The van der Waals surface area contributed by atoms with E-state index in [0.29, 0.717) is 5.57 Å². The number of rotatable bonds is 2. The highest BCUT2D eigenvalue weighted by Crippen LogP contribution is 2.25. The van der Waals surface area contributed by atoms with E-state index in [1.165, 1.54) is 0 Å². The van der Waals surface area contributed by atoms with Crippen molar-refractivity contribution in [2.24, 2.45) is 0 Å². The molecule has 0 aliphatic carbocycles. The first-order chi connectivity index (χ1) is 10.8. The molecule has 1 aliphatic rings. The highest BCUT2D eigenvalue weighted by molar-refractivity contribution is 6.04. The van der Waals surface area contributed by atoms with E-state index in [-0.39, 0.29) is 12.5 Å². The number of amides is 1. The summed E-state index contributed by atoms with van der Waals surface area (Å²) in [6.45, 7) is 0.259. The van der Waals surface area contributed by atoms with Gasteiger partial charge in [-0.3, -0.25) is 10.2 Å². The van der Waals surface area contributed by atoms with Crippen LogP contribution in [-0.2, 0) is 4.79 Å². The maximum absolute atomic E-state index is 12.4. The maximum Gasteiger partial charge on any atom is 0.269 e. The number of carbonyl (C=O) groups is 1. The Morgan fingerprint density at radius 3 is 2.91 bits per heavy atom. The van der Waals surface area contributed by atoms with Crippen molar-refractivity contribution in [3.05, 3.63) is 66.0 Å². The molecule has 3 aromatic rings. The first-order valence-electron chi connectivity index (χ1n) is 6.97. The normalized spacial score (nSPS) is 13.2. The molecule has 0 atom stereocenters. The number of nitrogens with one attached hydrogen (secondary N) is 1. The summed E-state index contributed by atoms with van der Waals surface area (Å²) < 4.78 is 7.23. The Balaban J connectivity index is 1.62. The van der Waals surface area contributed by atoms with Crippen molar-refractivity contribution in [2.45, 2.75) is 0 Å². The second kappa shape index (κ2) is 5.04. The maximum atomic E-state index is 12.4. The topological polar surface area (TPSA) is 56.2 Å². The van der Waals surface area contributed by atoms with Gasteiger partial charge in [0.25, 0.3) is 5.91 Å². The van der Waals surface area contributed by atoms with Gasteiger partial charge in [0.15, 0.2) is 0 Å². The van der Waals surface area contributed by atoms with Crippen LogP contribution in [0.15, 0.2) is 60.4 Å². The number of hydrogen-bond donors (Lipinski definition) is 1. The van der Waals surface area contributed by atoms with Gasteiger partial charge < -0.3 is 4.74 Å². The number of hydrogen-bond acceptors (Lipinski definition) is 3. The predicted octanol–water partition coefficient (Wildman–Crippen LogP) is 2.58. The molecule has 4 rings (SSSR count). The zero-order valence-corrected chi connectivity index (χ0v) is 11.7. The Labute approximate surface area is 126 Å². The standard InChI is InChI=1S/C17H13N3O2/c21-17(13-9-12-5-1-4-8-16(12)22-10-13)19-20-11-18-14-6-2-3-7-15(14)20/h1-9,11H,10H2,(H,19,21). The predicted molar refractivity (Wildman–Crippen MR) is 84.0 cm³/mol. The highest BCUT2D eigenvalue weighted by Gasteiger charge is 2.17. The third-order valence-corrected chi connectivity index (χ3v) is 3.60. The third-order valence-electron chi connectivity index (χ3n) is 3.60. The zero-order chi connectivity index (χ0) is 14.9. The molecule has 2 heterocycles. The monoisotopic (exact) mass is 291 g/mol. The van der Waals surface area contributed by atoms with E-state index in [9.17, 15) is 4.79 Å². The number of para-hydroxylation sites is 3. The summed E-state index contributed by atoms with van der Waals surface area (Å²) in [7, 11) is 0. The smallest absolute Gasteiger partial charge is 0.269 e. The van der Waals surface area contributed by atoms with Crippen molar-refractivity contribution < 1.29 is 9.53 Å². The van der Waals surface area contributed by atoms with Crippen molar-refractivity contribution in [3.8, 4) is 5.75 Å². The number of benzene rings is 2. The van der Waals surface area contributed by atoms with Crippen molar-refractivity contribution in [2.75, 3.05) is 12.0 Å². The van der Waals surface area contributed by atoms with E-state index in [1.807, 2.05) is 54.6 Å². The van der Waals surface area contributed by atoms with E-state index >= 15 is 0 Å². The van der Waals surface area contributed by atoms with Crippen LogP contribution in [0.3, 0.4) is 0 Å². The molecular weight excluding hydrogens is 278 g/mol. The number of carbonyl (C=O) groups excluding carboxylic acids is 1. The quantitative estimate of drug-likeness (QED) is 0.789. The van der Waals surface area contributed by atoms with Gasteiger partial charge >= 0.3 is 0 Å². The van der Waals surface area contributed by atoms with Crippen molar-refractivity contribution >= 4 is 23.0 Å². The molecular formula is C17H13N3O2. The van der Waals surface area contributed by atoms with Crippen LogP contribution >= 0.6 is 0 Å². The first kappa shape index (κ1) is 12.6. The van der Waals surface area contributed by atoms with Crippen molar-refractivity contribution in [1.82, 2.24) is 9.66 Å². The summed E-state index contributed by atoms with van der Waals surface area (Å²) in [5.74, 6) is 0.602. The molecule has 0 spiro atoms. The molecule has 108 valence electrons. The molecule has 1 aliphatic heterocycles. The fourth-order valence-electron chi connectivity index (χ4n) is 2.48. The average Bonchev–Trinajstić information content (AvgIpc) is 2.97. The van der Waals surface area contributed by atoms with E-state index in [1.54, 1.807) is 11.0 Å². The molecule has 0 fully saturated rings. The van der Waals surface area contributed by atoms with Gasteiger partial charge in [-0.2, -0.15) is 0 Å². The summed E-state index contributed by atoms with van der Waals surface area (Å²) in [5, 5.41) is 0. The van der Waals surface area contributed by atoms with Crippen LogP contribution < -0.4 is 10.2 Å². The lowest BCUT2D eigenvalue weighted by Crippen LogP contribution is -2.27. The molecule has 0 saturated heterocycles. The molecule has 0 radical (unpaired) electrons. The van der Waals surface area contributed by atoms with E-state index < -0.39 is 0 Å². The lowest BCUT2D eigenvalue weighted by Gasteiger charge is -2.17. The van der Waals surface area contributed by atoms with Crippen LogP contribution in [0.4, 0.5) is 0 Å². The lowest BCUT2D eigenvalue weighted by molar-refractivity contribution is -0.114. The van der Waals surface area contributed by atoms with Gasteiger partial charge in [-0.25, -0.2) is 9.66 Å². The Morgan fingerprint density at radius 1 is 1.14 bits per heavy atom. The Kier molecular flexibility index (Phi) is 2.89. The van der Waals surface area contributed by atoms with Crippen LogP contribution in [0.5, 0.6) is 5.75 Å². The van der Waals surface area contributed by atoms with Crippen LogP contribution in [-0.4, -0.2) is 22.2 Å². The molecule has 0 saturated carbocycles. The zero-order valence-electron chi connectivity index (χ0n) is 11.7. The Bertz CT molecular complexity index is 896. The third kappa shape index (κ3) is 2.13. The van der Waals surface area contributed by atoms with Gasteiger partial charge in [-0.15, -0.1) is 0 Å². The van der Waals surface area contributed by atoms with Gasteiger partial charge in [0.1, 0.15) is 18.7 Å². The number of ether oxygens (including phenoxy) is 1. The molecule has 1 N–H and O–H groups in total. The van der Waals surface area contributed by atoms with Crippen LogP contribution in [0, 0.1) is 0 Å². The minimum atomic E-state index is -0.197. The van der Waals surface area contributed by atoms with Gasteiger partial charge in [0, 0.05) is 5.56 Å². The minimum absolute atomic E-state index is 0.197. The Morgan fingerprint density at radius 2 is 1.95 bits per heavy atom. The molecule has 0 bridgehead atoms. The summed E-state index contributed by atoms with van der Waals surface area (Å²) in [4.78, 5) is 16.7. The largest absolute Gasteiger partial charge is 0.488 e. The second-order valence-electron chi connectivity index (χ2n) is 5.04. The van der Waals surface area contributed by atoms with Gasteiger partial charge in [-0.05, 0) is 24.3 Å². The molecule has 5 heteroatoms. The van der Waals surface area contributed by atoms with Crippen LogP contribution in [0.25, 0.3) is 17.1 Å². The summed E-state index contributed by atoms with van der Waals surface area (Å²) in [6, 6.07) is 15.3. The lowest BCUT2D eigenvalue weighted by atomic mass is 10.1. The van der Waals surface area contributed by atoms with Crippen LogP contribution in [0.1, 0.15) is 5.56 Å². The number of nitrogens with zero attached hydrogens (tertiary/aromatic N) is 2. The SMILES string of the molecule is O=C(Nn1cnc2ccccc21)C1=Cc2ccccc2OC1. The van der Waals surface area contributed by atoms with Gasteiger partial charge in [0.2, 0.25) is 0 Å². The van der Waals surface area contributed by atoms with Crippen LogP contribution in [0.2, 0.25) is 0 Å². The van der Waals surface area contributed by atoms with Gasteiger partial charge in [-0.1, -0.05) is 30.3 Å². The molecule has 1 aromatic heterocycles. The van der Waals surface area contributed by atoms with Gasteiger partial charge in [0.05, 0.1) is 16.6 Å². The minimum Gasteiger partial charge on any atom is -0.488 e. The van der Waals surface area contributed by atoms with E-state index in [2.05, 4.69) is 10.4 Å². The Hall–Kier alpha value is -3.08. The fraction of sp³-hybridized carbons (Fsp3) is 0.0588. The first-order valence-corrected chi connectivity index (χ1v) is 6.97. The molecule has 5 nitrogen and oxygen atoms in total. The molecule has 0 unspecified atom stereocenters. The van der Waals surface area contributed by atoms with Crippen molar-refractivity contribution in [1.29, 1.82) is 0 Å². The fourth-order valence-corrected chi connectivity index (χ4v) is 2.48. The molecule has 1 amide bonds. The number of fused-ring (bicyclic) bond motifs is 2. The summed E-state index contributed by atoms with van der Waals surface area (Å²) in [5.41, 5.74) is 6.01. The number of aromatic nitrogens is 2. The summed E-state index contributed by atoms with van der Waals surface area (Å²) >= 11 is 0. The second-order valence-corrected chi connectivity index (χ2v) is 5.04. The number of imidazole rings is 1. The highest BCUT2D eigenvalue weighted by atomic mass is 16.5. The van der Waals surface area contributed by atoms with Crippen molar-refractivity contribution in [3.63, 3.8) is 0 Å².